The van der Waals surface area contributed by atoms with Gasteiger partial charge in [0.1, 0.15) is 0 Å². The van der Waals surface area contributed by atoms with E-state index in [1.54, 1.807) is 0 Å². The molecule has 0 aliphatic carbocycles. The minimum Gasteiger partial charge on any atom is -0.398 e. The summed E-state index contributed by atoms with van der Waals surface area (Å²) in [6.07, 6.45) is 2.97. The third-order valence-corrected chi connectivity index (χ3v) is 5.87. The summed E-state index contributed by atoms with van der Waals surface area (Å²) in [5.74, 6) is 0. The second-order valence-corrected chi connectivity index (χ2v) is 7.26. The first kappa shape index (κ1) is 15.6. The summed E-state index contributed by atoms with van der Waals surface area (Å²) in [4.78, 5) is 0.174. The lowest BCUT2D eigenvalue weighted by Gasteiger charge is -2.24. The highest BCUT2D eigenvalue weighted by Crippen LogP contribution is 2.30. The van der Waals surface area contributed by atoms with Gasteiger partial charge in [0.25, 0.3) is 0 Å². The number of benzene rings is 1. The molecule has 1 saturated heterocycles. The molecule has 1 heterocycles. The Hall–Kier alpha value is -0.820. The van der Waals surface area contributed by atoms with Crippen LogP contribution in [0.3, 0.4) is 0 Å². The summed E-state index contributed by atoms with van der Waals surface area (Å²) < 4.78 is 26.8. The van der Waals surface area contributed by atoms with Gasteiger partial charge in [-0.3, -0.25) is 0 Å². The van der Waals surface area contributed by atoms with E-state index < -0.39 is 10.0 Å². The molecule has 5 nitrogen and oxygen atoms in total. The van der Waals surface area contributed by atoms with Crippen molar-refractivity contribution in [3.63, 3.8) is 0 Å². The summed E-state index contributed by atoms with van der Waals surface area (Å²) in [6, 6.07) is 4.35. The topological polar surface area (TPSA) is 83.6 Å². The largest absolute Gasteiger partial charge is 0.398 e. The zero-order valence-electron chi connectivity index (χ0n) is 11.1. The zero-order valence-corrected chi connectivity index (χ0v) is 12.7. The molecule has 1 aliphatic heterocycles. The van der Waals surface area contributed by atoms with Crippen LogP contribution in [0.1, 0.15) is 25.7 Å². The van der Waals surface area contributed by atoms with Gasteiger partial charge in [-0.2, -0.15) is 4.31 Å². The van der Waals surface area contributed by atoms with Crippen molar-refractivity contribution in [1.82, 2.24) is 4.31 Å². The molecule has 1 fully saturated rings. The average Bonchev–Trinajstić information content (AvgIpc) is 2.88. The van der Waals surface area contributed by atoms with Crippen LogP contribution in [-0.4, -0.2) is 37.0 Å². The minimum atomic E-state index is -3.55. The lowest BCUT2D eigenvalue weighted by Crippen LogP contribution is -2.35. The van der Waals surface area contributed by atoms with Crippen LogP contribution in [0.25, 0.3) is 0 Å². The molecule has 0 bridgehead atoms. The number of anilines is 1. The van der Waals surface area contributed by atoms with Crippen molar-refractivity contribution in [1.29, 1.82) is 0 Å². The quantitative estimate of drug-likeness (QED) is 0.811. The van der Waals surface area contributed by atoms with E-state index >= 15 is 0 Å². The smallest absolute Gasteiger partial charge is 0.243 e. The van der Waals surface area contributed by atoms with Crippen molar-refractivity contribution in [3.05, 3.63) is 23.2 Å². The summed E-state index contributed by atoms with van der Waals surface area (Å²) in [5.41, 5.74) is 5.98. The van der Waals surface area contributed by atoms with Gasteiger partial charge in [-0.15, -0.1) is 0 Å². The number of nitrogens with two attached hydrogens (primary N) is 1. The number of hydrogen-bond donors (Lipinski definition) is 2. The van der Waals surface area contributed by atoms with E-state index in [0.717, 1.165) is 12.8 Å². The molecule has 112 valence electrons. The van der Waals surface area contributed by atoms with Gasteiger partial charge in [0.05, 0.1) is 15.6 Å². The molecule has 1 aliphatic rings. The van der Waals surface area contributed by atoms with Crippen LogP contribution < -0.4 is 5.73 Å². The van der Waals surface area contributed by atoms with E-state index in [9.17, 15) is 8.42 Å². The molecular formula is C13H19ClN2O3S. The van der Waals surface area contributed by atoms with Crippen LogP contribution in [-0.2, 0) is 10.0 Å². The molecule has 1 atom stereocenters. The van der Waals surface area contributed by atoms with E-state index in [4.69, 9.17) is 22.4 Å². The van der Waals surface area contributed by atoms with E-state index in [-0.39, 0.29) is 22.6 Å². The molecule has 1 aromatic carbocycles. The first-order chi connectivity index (χ1) is 9.46. The number of halogens is 1. The van der Waals surface area contributed by atoms with Gasteiger partial charge in [0, 0.05) is 19.2 Å². The number of nitrogen functional groups attached to an aromatic ring is 1. The third kappa shape index (κ3) is 3.09. The molecule has 20 heavy (non-hydrogen) atoms. The summed E-state index contributed by atoms with van der Waals surface area (Å²) in [5, 5.41) is 9.15. The zero-order chi connectivity index (χ0) is 14.8. The lowest BCUT2D eigenvalue weighted by atomic mass is 10.1. The van der Waals surface area contributed by atoms with E-state index in [1.807, 2.05) is 0 Å². The second kappa shape index (κ2) is 6.30. The molecule has 2 rings (SSSR count). The number of rotatable bonds is 5. The van der Waals surface area contributed by atoms with Crippen molar-refractivity contribution >= 4 is 27.3 Å². The average molecular weight is 319 g/mol. The van der Waals surface area contributed by atoms with Crippen molar-refractivity contribution in [2.75, 3.05) is 18.9 Å². The monoisotopic (exact) mass is 318 g/mol. The Bertz CT molecular complexity index is 577. The van der Waals surface area contributed by atoms with Gasteiger partial charge in [0.2, 0.25) is 10.0 Å². The molecule has 1 unspecified atom stereocenters. The molecule has 0 aromatic heterocycles. The molecule has 0 amide bonds. The van der Waals surface area contributed by atoms with Gasteiger partial charge in [-0.25, -0.2) is 8.42 Å². The maximum atomic E-state index is 12.6. The SMILES string of the molecule is Nc1ccc(S(=O)(=O)N2CCCC2CCCO)cc1Cl. The summed E-state index contributed by atoms with van der Waals surface area (Å²) >= 11 is 5.91. The maximum absolute atomic E-state index is 12.6. The molecule has 7 heteroatoms. The van der Waals surface area contributed by atoms with E-state index in [2.05, 4.69) is 0 Å². The third-order valence-electron chi connectivity index (χ3n) is 3.60. The number of aliphatic hydroxyl groups is 1. The Balaban J connectivity index is 2.26. The highest BCUT2D eigenvalue weighted by atomic mass is 35.5. The molecule has 3 N–H and O–H groups in total. The Morgan fingerprint density at radius 1 is 1.45 bits per heavy atom. The van der Waals surface area contributed by atoms with Gasteiger partial charge in [-0.1, -0.05) is 11.6 Å². The lowest BCUT2D eigenvalue weighted by molar-refractivity contribution is 0.264. The highest BCUT2D eigenvalue weighted by molar-refractivity contribution is 7.89. The standard InChI is InChI=1S/C13H19ClN2O3S/c14-12-9-11(5-6-13(12)15)20(18,19)16-7-1-3-10(16)4-2-8-17/h5-6,9-10,17H,1-4,7-8,15H2. The molecule has 1 aromatic rings. The highest BCUT2D eigenvalue weighted by Gasteiger charge is 2.34. The number of nitrogens with zero attached hydrogens (tertiary/aromatic N) is 1. The first-order valence-corrected chi connectivity index (χ1v) is 8.46. The second-order valence-electron chi connectivity index (χ2n) is 4.96. The van der Waals surface area contributed by atoms with Gasteiger partial charge >= 0.3 is 0 Å². The molecule has 0 saturated carbocycles. The van der Waals surface area contributed by atoms with Crippen LogP contribution in [0.2, 0.25) is 5.02 Å². The minimum absolute atomic E-state index is 0.0384. The fraction of sp³-hybridized carbons (Fsp3) is 0.538. The fourth-order valence-corrected chi connectivity index (χ4v) is 4.54. The van der Waals surface area contributed by atoms with E-state index in [0.29, 0.717) is 25.1 Å². The van der Waals surface area contributed by atoms with Crippen LogP contribution in [0.15, 0.2) is 23.1 Å². The predicted molar refractivity (Wildman–Crippen MR) is 79.1 cm³/mol. The number of hydrogen-bond acceptors (Lipinski definition) is 4. The first-order valence-electron chi connectivity index (χ1n) is 6.64. The molecule has 0 spiro atoms. The fourth-order valence-electron chi connectivity index (χ4n) is 2.54. The predicted octanol–water partition coefficient (Wildman–Crippen LogP) is 1.85. The Labute approximate surface area is 124 Å². The summed E-state index contributed by atoms with van der Waals surface area (Å²) in [7, 11) is -3.55. The van der Waals surface area contributed by atoms with Gasteiger partial charge in [-0.05, 0) is 43.9 Å². The van der Waals surface area contributed by atoms with Crippen LogP contribution >= 0.6 is 11.6 Å². The Morgan fingerprint density at radius 3 is 2.85 bits per heavy atom. The van der Waals surface area contributed by atoms with Crippen molar-refractivity contribution in [2.24, 2.45) is 0 Å². The van der Waals surface area contributed by atoms with Gasteiger partial charge in [0.15, 0.2) is 0 Å². The number of aliphatic hydroxyl groups excluding tert-OH is 1. The molecular weight excluding hydrogens is 300 g/mol. The van der Waals surface area contributed by atoms with Crippen LogP contribution in [0, 0.1) is 0 Å². The van der Waals surface area contributed by atoms with Gasteiger partial charge < -0.3 is 10.8 Å². The number of sulfonamides is 1. The Kier molecular flexibility index (Phi) is 4.90. The molecule has 0 radical (unpaired) electrons. The van der Waals surface area contributed by atoms with Crippen LogP contribution in [0.4, 0.5) is 5.69 Å². The van der Waals surface area contributed by atoms with Crippen LogP contribution in [0.5, 0.6) is 0 Å². The van der Waals surface area contributed by atoms with Crippen molar-refractivity contribution in [3.8, 4) is 0 Å². The Morgan fingerprint density at radius 2 is 2.20 bits per heavy atom. The normalized spacial score (nSPS) is 20.4. The van der Waals surface area contributed by atoms with E-state index in [1.165, 1.54) is 22.5 Å². The van der Waals surface area contributed by atoms with Crippen molar-refractivity contribution in [2.45, 2.75) is 36.6 Å². The van der Waals surface area contributed by atoms with Crippen molar-refractivity contribution < 1.29 is 13.5 Å². The maximum Gasteiger partial charge on any atom is 0.243 e. The summed E-state index contributed by atoms with van der Waals surface area (Å²) in [6.45, 7) is 0.596.